The molecule has 3 aromatic rings. The van der Waals surface area contributed by atoms with Crippen LogP contribution in [0.3, 0.4) is 0 Å². The lowest BCUT2D eigenvalue weighted by Crippen LogP contribution is -2.05. The molecule has 0 amide bonds. The number of H-pyrrole nitrogens is 1. The Bertz CT molecular complexity index is 929. The second kappa shape index (κ2) is 3.57. The van der Waals surface area contributed by atoms with Crippen LogP contribution in [0.4, 0.5) is 0 Å². The topological polar surface area (TPSA) is 86.9 Å². The van der Waals surface area contributed by atoms with Crippen molar-refractivity contribution >= 4 is 21.9 Å². The standard InChI is InChI=1S/C13H6N2O3/c14-6-7-5-10(16)13-8-1-4-12(17)18-11(8)3-2-9(13)15-7/h1-5H,(H,15,16). The largest absolute Gasteiger partial charge is 0.423 e. The number of aromatic amines is 1. The molecule has 18 heavy (non-hydrogen) atoms. The van der Waals surface area contributed by atoms with Crippen LogP contribution in [0.5, 0.6) is 0 Å². The van der Waals surface area contributed by atoms with Gasteiger partial charge in [-0.2, -0.15) is 5.26 Å². The molecule has 0 spiro atoms. The summed E-state index contributed by atoms with van der Waals surface area (Å²) in [5.41, 5.74) is 0.349. The van der Waals surface area contributed by atoms with Crippen molar-refractivity contribution in [2.24, 2.45) is 0 Å². The highest BCUT2D eigenvalue weighted by Gasteiger charge is 2.07. The molecule has 0 aliphatic heterocycles. The number of hydrogen-bond acceptors (Lipinski definition) is 4. The Morgan fingerprint density at radius 2 is 2.00 bits per heavy atom. The quantitative estimate of drug-likeness (QED) is 0.475. The monoisotopic (exact) mass is 238 g/mol. The Kier molecular flexibility index (Phi) is 2.04. The van der Waals surface area contributed by atoms with Crippen molar-refractivity contribution in [2.45, 2.75) is 0 Å². The van der Waals surface area contributed by atoms with E-state index >= 15 is 0 Å². The Balaban J connectivity index is 2.60. The van der Waals surface area contributed by atoms with Crippen LogP contribution in [0.25, 0.3) is 21.9 Å². The van der Waals surface area contributed by atoms with Crippen molar-refractivity contribution in [2.75, 3.05) is 0 Å². The van der Waals surface area contributed by atoms with Crippen molar-refractivity contribution in [1.29, 1.82) is 5.26 Å². The third-order valence-electron chi connectivity index (χ3n) is 2.71. The summed E-state index contributed by atoms with van der Waals surface area (Å²) in [6.45, 7) is 0. The predicted octanol–water partition coefficient (Wildman–Crippen LogP) is 1.51. The summed E-state index contributed by atoms with van der Waals surface area (Å²) < 4.78 is 5.01. The van der Waals surface area contributed by atoms with Crippen molar-refractivity contribution in [1.82, 2.24) is 4.98 Å². The molecule has 3 rings (SSSR count). The molecule has 0 fully saturated rings. The zero-order valence-corrected chi connectivity index (χ0v) is 9.06. The van der Waals surface area contributed by atoms with Gasteiger partial charge in [0, 0.05) is 17.5 Å². The maximum absolute atomic E-state index is 12.0. The fraction of sp³-hybridized carbons (Fsp3) is 0. The number of nitrogens with zero attached hydrogens (tertiary/aromatic N) is 1. The smallest absolute Gasteiger partial charge is 0.336 e. The minimum absolute atomic E-state index is 0.198. The minimum atomic E-state index is -0.466. The first kappa shape index (κ1) is 10.3. The van der Waals surface area contributed by atoms with Gasteiger partial charge in [-0.3, -0.25) is 4.79 Å². The lowest BCUT2D eigenvalue weighted by molar-refractivity contribution is 0.561. The van der Waals surface area contributed by atoms with Gasteiger partial charge in [0.05, 0.1) is 10.9 Å². The highest BCUT2D eigenvalue weighted by Crippen LogP contribution is 2.20. The summed E-state index contributed by atoms with van der Waals surface area (Å²) in [7, 11) is 0. The normalized spacial score (nSPS) is 10.6. The minimum Gasteiger partial charge on any atom is -0.423 e. The molecular formula is C13H6N2O3. The van der Waals surface area contributed by atoms with E-state index in [0.29, 0.717) is 21.9 Å². The molecule has 0 saturated carbocycles. The highest BCUT2D eigenvalue weighted by atomic mass is 16.4. The molecule has 0 aliphatic rings. The summed E-state index contributed by atoms with van der Waals surface area (Å²) in [5, 5.41) is 9.76. The van der Waals surface area contributed by atoms with Crippen LogP contribution in [0.15, 0.2) is 44.3 Å². The Morgan fingerprint density at radius 1 is 1.17 bits per heavy atom. The van der Waals surface area contributed by atoms with Crippen molar-refractivity contribution < 1.29 is 4.42 Å². The van der Waals surface area contributed by atoms with E-state index in [4.69, 9.17) is 9.68 Å². The van der Waals surface area contributed by atoms with E-state index in [2.05, 4.69) is 4.98 Å². The number of benzene rings is 1. The van der Waals surface area contributed by atoms with Gasteiger partial charge in [0.15, 0.2) is 5.43 Å². The van der Waals surface area contributed by atoms with Gasteiger partial charge >= 0.3 is 5.63 Å². The molecule has 2 aromatic heterocycles. The summed E-state index contributed by atoms with van der Waals surface area (Å²) in [5.74, 6) is 0. The number of rotatable bonds is 0. The van der Waals surface area contributed by atoms with Crippen molar-refractivity contribution in [3.05, 3.63) is 56.7 Å². The molecule has 86 valence electrons. The van der Waals surface area contributed by atoms with Crippen molar-refractivity contribution in [3.8, 4) is 6.07 Å². The molecule has 0 radical (unpaired) electrons. The molecule has 1 N–H and O–H groups in total. The number of nitrogens with one attached hydrogen (secondary N) is 1. The zero-order chi connectivity index (χ0) is 12.7. The van der Waals surface area contributed by atoms with Crippen LogP contribution in [0.2, 0.25) is 0 Å². The summed E-state index contributed by atoms with van der Waals surface area (Å²) in [6.07, 6.45) is 0. The first-order valence-electron chi connectivity index (χ1n) is 5.19. The van der Waals surface area contributed by atoms with Gasteiger partial charge in [-0.05, 0) is 18.2 Å². The third-order valence-corrected chi connectivity index (χ3v) is 2.71. The van der Waals surface area contributed by atoms with Gasteiger partial charge in [-0.1, -0.05) is 0 Å². The summed E-state index contributed by atoms with van der Waals surface area (Å²) >= 11 is 0. The molecular weight excluding hydrogens is 232 g/mol. The molecule has 0 atom stereocenters. The molecule has 0 bridgehead atoms. The third kappa shape index (κ3) is 1.40. The molecule has 2 heterocycles. The van der Waals surface area contributed by atoms with Gasteiger partial charge < -0.3 is 9.40 Å². The van der Waals surface area contributed by atoms with Crippen LogP contribution in [-0.4, -0.2) is 4.98 Å². The molecule has 0 unspecified atom stereocenters. The fourth-order valence-corrected chi connectivity index (χ4v) is 1.96. The maximum atomic E-state index is 12.0. The molecule has 0 aliphatic carbocycles. The van der Waals surface area contributed by atoms with Gasteiger partial charge in [-0.15, -0.1) is 0 Å². The SMILES string of the molecule is N#Cc1cc(=O)c2c(ccc3oc(=O)ccc32)[nH]1. The van der Waals surface area contributed by atoms with Gasteiger partial charge in [0.25, 0.3) is 0 Å². The zero-order valence-electron chi connectivity index (χ0n) is 9.06. The summed E-state index contributed by atoms with van der Waals surface area (Å²) in [6, 6.07) is 9.13. The lowest BCUT2D eigenvalue weighted by atomic mass is 10.1. The number of pyridine rings is 1. The van der Waals surface area contributed by atoms with E-state index < -0.39 is 5.63 Å². The van der Waals surface area contributed by atoms with E-state index in [1.54, 1.807) is 18.2 Å². The molecule has 1 aromatic carbocycles. The van der Waals surface area contributed by atoms with Crippen LogP contribution < -0.4 is 11.1 Å². The molecule has 0 saturated heterocycles. The van der Waals surface area contributed by atoms with Gasteiger partial charge in [0.2, 0.25) is 0 Å². The van der Waals surface area contributed by atoms with Crippen LogP contribution in [-0.2, 0) is 0 Å². The van der Waals surface area contributed by atoms with E-state index in [1.807, 2.05) is 6.07 Å². The molecule has 5 nitrogen and oxygen atoms in total. The predicted molar refractivity (Wildman–Crippen MR) is 65.3 cm³/mol. The van der Waals surface area contributed by atoms with Gasteiger partial charge in [0.1, 0.15) is 17.3 Å². The van der Waals surface area contributed by atoms with E-state index in [1.165, 1.54) is 12.1 Å². The number of fused-ring (bicyclic) bond motifs is 3. The van der Waals surface area contributed by atoms with Crippen LogP contribution in [0, 0.1) is 11.3 Å². The Hall–Kier alpha value is -2.87. The van der Waals surface area contributed by atoms with Crippen LogP contribution in [0.1, 0.15) is 5.69 Å². The highest BCUT2D eigenvalue weighted by molar-refractivity contribution is 6.03. The van der Waals surface area contributed by atoms with Crippen LogP contribution >= 0.6 is 0 Å². The average Bonchev–Trinajstić information content (AvgIpc) is 2.37. The molecule has 5 heteroatoms. The van der Waals surface area contributed by atoms with E-state index in [0.717, 1.165) is 0 Å². The Labute approximate surface area is 99.9 Å². The first-order chi connectivity index (χ1) is 8.69. The van der Waals surface area contributed by atoms with E-state index in [9.17, 15) is 9.59 Å². The second-order valence-corrected chi connectivity index (χ2v) is 3.81. The second-order valence-electron chi connectivity index (χ2n) is 3.81. The number of hydrogen-bond donors (Lipinski definition) is 1. The maximum Gasteiger partial charge on any atom is 0.336 e. The Morgan fingerprint density at radius 3 is 2.78 bits per heavy atom. The summed E-state index contributed by atoms with van der Waals surface area (Å²) in [4.78, 5) is 25.9. The first-order valence-corrected chi connectivity index (χ1v) is 5.19. The van der Waals surface area contributed by atoms with Crippen molar-refractivity contribution in [3.63, 3.8) is 0 Å². The van der Waals surface area contributed by atoms with E-state index in [-0.39, 0.29) is 11.1 Å². The van der Waals surface area contributed by atoms with Gasteiger partial charge in [-0.25, -0.2) is 4.79 Å². The fourth-order valence-electron chi connectivity index (χ4n) is 1.96. The number of aromatic nitrogens is 1. The lowest BCUT2D eigenvalue weighted by Gasteiger charge is -2.02. The number of nitriles is 1. The average molecular weight is 238 g/mol.